The molecule has 2 rings (SSSR count). The van der Waals surface area contributed by atoms with E-state index in [0.29, 0.717) is 18.0 Å². The SMILES string of the molecule is CCNC(=NCCc1cnn(C)c1)Nc1ccc(OC)c(OC)c1. The molecule has 0 aliphatic rings. The van der Waals surface area contributed by atoms with Crippen molar-refractivity contribution in [1.29, 1.82) is 0 Å². The van der Waals surface area contributed by atoms with Crippen molar-refractivity contribution in [2.75, 3.05) is 32.6 Å². The third-order valence-corrected chi connectivity index (χ3v) is 3.42. The molecule has 1 heterocycles. The van der Waals surface area contributed by atoms with E-state index in [1.165, 1.54) is 5.56 Å². The van der Waals surface area contributed by atoms with Gasteiger partial charge < -0.3 is 20.1 Å². The molecule has 0 fully saturated rings. The van der Waals surface area contributed by atoms with E-state index in [4.69, 9.17) is 9.47 Å². The minimum Gasteiger partial charge on any atom is -0.493 e. The molecule has 0 unspecified atom stereocenters. The molecule has 7 heteroatoms. The highest BCUT2D eigenvalue weighted by Crippen LogP contribution is 2.29. The predicted octanol–water partition coefficient (Wildman–Crippen LogP) is 2.06. The Morgan fingerprint density at radius 3 is 2.67 bits per heavy atom. The van der Waals surface area contributed by atoms with Gasteiger partial charge in [0.25, 0.3) is 0 Å². The van der Waals surface area contributed by atoms with Crippen LogP contribution in [0.5, 0.6) is 11.5 Å². The molecule has 0 saturated heterocycles. The van der Waals surface area contributed by atoms with Crippen LogP contribution in [-0.4, -0.2) is 43.0 Å². The van der Waals surface area contributed by atoms with Gasteiger partial charge >= 0.3 is 0 Å². The first-order valence-corrected chi connectivity index (χ1v) is 7.91. The van der Waals surface area contributed by atoms with E-state index in [2.05, 4.69) is 20.7 Å². The fourth-order valence-electron chi connectivity index (χ4n) is 2.26. The van der Waals surface area contributed by atoms with Crippen molar-refractivity contribution >= 4 is 11.6 Å². The van der Waals surface area contributed by atoms with Crippen LogP contribution in [0.15, 0.2) is 35.6 Å². The van der Waals surface area contributed by atoms with Gasteiger partial charge in [-0.05, 0) is 31.0 Å². The third kappa shape index (κ3) is 4.91. The fourth-order valence-corrected chi connectivity index (χ4v) is 2.26. The maximum Gasteiger partial charge on any atom is 0.195 e. The van der Waals surface area contributed by atoms with Crippen LogP contribution in [-0.2, 0) is 13.5 Å². The van der Waals surface area contributed by atoms with Gasteiger partial charge in [0.15, 0.2) is 17.5 Å². The number of methoxy groups -OCH3 is 2. The van der Waals surface area contributed by atoms with Gasteiger partial charge in [-0.15, -0.1) is 0 Å². The summed E-state index contributed by atoms with van der Waals surface area (Å²) in [6.07, 6.45) is 4.71. The second kappa shape index (κ2) is 8.81. The van der Waals surface area contributed by atoms with Crippen LogP contribution in [0.2, 0.25) is 0 Å². The Kier molecular flexibility index (Phi) is 6.48. The number of nitrogens with one attached hydrogen (secondary N) is 2. The average molecular weight is 331 g/mol. The topological polar surface area (TPSA) is 72.7 Å². The Hall–Kier alpha value is -2.70. The van der Waals surface area contributed by atoms with Crippen molar-refractivity contribution < 1.29 is 9.47 Å². The van der Waals surface area contributed by atoms with Gasteiger partial charge in [0, 0.05) is 38.1 Å². The average Bonchev–Trinajstić information content (AvgIpc) is 3.00. The molecule has 0 aliphatic heterocycles. The molecule has 0 radical (unpaired) electrons. The van der Waals surface area contributed by atoms with E-state index in [-0.39, 0.29) is 0 Å². The Morgan fingerprint density at radius 2 is 2.04 bits per heavy atom. The van der Waals surface area contributed by atoms with E-state index >= 15 is 0 Å². The van der Waals surface area contributed by atoms with Crippen LogP contribution in [0, 0.1) is 0 Å². The van der Waals surface area contributed by atoms with Crippen LogP contribution >= 0.6 is 0 Å². The number of hydrogen-bond donors (Lipinski definition) is 2. The van der Waals surface area contributed by atoms with E-state index in [1.54, 1.807) is 18.9 Å². The number of aryl methyl sites for hydroxylation is 1. The number of rotatable bonds is 7. The number of benzene rings is 1. The summed E-state index contributed by atoms with van der Waals surface area (Å²) in [7, 11) is 5.15. The van der Waals surface area contributed by atoms with E-state index in [1.807, 2.05) is 44.6 Å². The first-order valence-electron chi connectivity index (χ1n) is 7.91. The molecule has 0 aliphatic carbocycles. The zero-order valence-electron chi connectivity index (χ0n) is 14.7. The van der Waals surface area contributed by atoms with Crippen molar-refractivity contribution in [1.82, 2.24) is 15.1 Å². The van der Waals surface area contributed by atoms with Crippen molar-refractivity contribution in [2.45, 2.75) is 13.3 Å². The van der Waals surface area contributed by atoms with Gasteiger partial charge in [-0.2, -0.15) is 5.10 Å². The highest BCUT2D eigenvalue weighted by Gasteiger charge is 2.06. The highest BCUT2D eigenvalue weighted by molar-refractivity contribution is 5.93. The standard InChI is InChI=1S/C17H25N5O2/c1-5-18-17(19-9-8-13-11-20-22(2)12-13)21-14-6-7-15(23-3)16(10-14)24-4/h6-7,10-12H,5,8-9H2,1-4H3,(H2,18,19,21). The highest BCUT2D eigenvalue weighted by atomic mass is 16.5. The van der Waals surface area contributed by atoms with Gasteiger partial charge in [0.2, 0.25) is 0 Å². The second-order valence-corrected chi connectivity index (χ2v) is 5.23. The van der Waals surface area contributed by atoms with Gasteiger partial charge in [-0.3, -0.25) is 9.67 Å². The number of aliphatic imine (C=N–C) groups is 1. The molecule has 0 atom stereocenters. The van der Waals surface area contributed by atoms with Gasteiger partial charge in [0.1, 0.15) is 0 Å². The van der Waals surface area contributed by atoms with Gasteiger partial charge in [-0.1, -0.05) is 0 Å². The quantitative estimate of drug-likeness (QED) is 0.600. The second-order valence-electron chi connectivity index (χ2n) is 5.23. The maximum atomic E-state index is 5.33. The molecule has 1 aromatic carbocycles. The van der Waals surface area contributed by atoms with Crippen LogP contribution in [0.1, 0.15) is 12.5 Å². The van der Waals surface area contributed by atoms with Crippen LogP contribution in [0.25, 0.3) is 0 Å². The first kappa shape index (κ1) is 17.7. The van der Waals surface area contributed by atoms with Crippen molar-refractivity contribution in [3.05, 3.63) is 36.2 Å². The predicted molar refractivity (Wildman–Crippen MR) is 96.1 cm³/mol. The lowest BCUT2D eigenvalue weighted by Gasteiger charge is -2.13. The molecule has 130 valence electrons. The Balaban J connectivity index is 2.03. The summed E-state index contributed by atoms with van der Waals surface area (Å²) in [6.45, 7) is 3.49. The van der Waals surface area contributed by atoms with Crippen LogP contribution < -0.4 is 20.1 Å². The summed E-state index contributed by atoms with van der Waals surface area (Å²) >= 11 is 0. The van der Waals surface area contributed by atoms with E-state index < -0.39 is 0 Å². The minimum atomic E-state index is 0.675. The fraction of sp³-hybridized carbons (Fsp3) is 0.412. The van der Waals surface area contributed by atoms with Gasteiger partial charge in [-0.25, -0.2) is 0 Å². The summed E-state index contributed by atoms with van der Waals surface area (Å²) in [5.41, 5.74) is 2.05. The molecule has 0 bridgehead atoms. The molecule has 0 spiro atoms. The van der Waals surface area contributed by atoms with Crippen LogP contribution in [0.4, 0.5) is 5.69 Å². The zero-order chi connectivity index (χ0) is 17.4. The summed E-state index contributed by atoms with van der Waals surface area (Å²) in [6, 6.07) is 5.67. The maximum absolute atomic E-state index is 5.33. The number of anilines is 1. The lowest BCUT2D eigenvalue weighted by molar-refractivity contribution is 0.355. The molecule has 7 nitrogen and oxygen atoms in total. The number of ether oxygens (including phenoxy) is 2. The molecule has 24 heavy (non-hydrogen) atoms. The van der Waals surface area contributed by atoms with Crippen molar-refractivity contribution in [2.24, 2.45) is 12.0 Å². The molecule has 2 aromatic rings. The third-order valence-electron chi connectivity index (χ3n) is 3.42. The van der Waals surface area contributed by atoms with Gasteiger partial charge in [0.05, 0.1) is 20.4 Å². The summed E-state index contributed by atoms with van der Waals surface area (Å²) in [5, 5.41) is 10.7. The molecule has 2 N–H and O–H groups in total. The molecular weight excluding hydrogens is 306 g/mol. The molecule has 0 amide bonds. The van der Waals surface area contributed by atoms with E-state index in [9.17, 15) is 0 Å². The van der Waals surface area contributed by atoms with Crippen molar-refractivity contribution in [3.8, 4) is 11.5 Å². The monoisotopic (exact) mass is 331 g/mol. The van der Waals surface area contributed by atoms with Crippen molar-refractivity contribution in [3.63, 3.8) is 0 Å². The Morgan fingerprint density at radius 1 is 1.25 bits per heavy atom. The Bertz CT molecular complexity index is 681. The molecular formula is C17H25N5O2. The Labute approximate surface area is 142 Å². The van der Waals surface area contributed by atoms with Crippen LogP contribution in [0.3, 0.4) is 0 Å². The lowest BCUT2D eigenvalue weighted by Crippen LogP contribution is -2.30. The largest absolute Gasteiger partial charge is 0.493 e. The number of hydrogen-bond acceptors (Lipinski definition) is 4. The lowest BCUT2D eigenvalue weighted by atomic mass is 10.2. The minimum absolute atomic E-state index is 0.675. The molecule has 0 saturated carbocycles. The smallest absolute Gasteiger partial charge is 0.195 e. The molecule has 1 aromatic heterocycles. The number of nitrogens with zero attached hydrogens (tertiary/aromatic N) is 3. The zero-order valence-corrected chi connectivity index (χ0v) is 14.7. The number of aromatic nitrogens is 2. The van der Waals surface area contributed by atoms with E-state index in [0.717, 1.165) is 24.6 Å². The summed E-state index contributed by atoms with van der Waals surface area (Å²) < 4.78 is 12.4. The first-order chi connectivity index (χ1) is 11.7. The number of guanidine groups is 1. The summed E-state index contributed by atoms with van der Waals surface area (Å²) in [5.74, 6) is 2.10. The summed E-state index contributed by atoms with van der Waals surface area (Å²) in [4.78, 5) is 4.60. The normalized spacial score (nSPS) is 11.2.